The molecule has 33 heavy (non-hydrogen) atoms. The first-order valence-corrected chi connectivity index (χ1v) is 10.2. The van der Waals surface area contributed by atoms with E-state index in [4.69, 9.17) is 4.74 Å². The first kappa shape index (κ1) is 20.4. The third-order valence-corrected chi connectivity index (χ3v) is 5.05. The van der Waals surface area contributed by atoms with Gasteiger partial charge in [0, 0.05) is 30.0 Å². The number of benzene rings is 2. The number of hydrogen-bond donors (Lipinski definition) is 1. The first-order chi connectivity index (χ1) is 16.0. The van der Waals surface area contributed by atoms with E-state index in [1.165, 1.54) is 17.0 Å². The second-order valence-electron chi connectivity index (χ2n) is 7.47. The molecule has 0 radical (unpaired) electrons. The zero-order valence-corrected chi connectivity index (χ0v) is 17.6. The fourth-order valence-electron chi connectivity index (χ4n) is 3.47. The number of aryl methyl sites for hydroxylation is 1. The summed E-state index contributed by atoms with van der Waals surface area (Å²) in [6.45, 7) is 2.34. The van der Waals surface area contributed by atoms with Gasteiger partial charge < -0.3 is 10.1 Å². The normalized spacial score (nSPS) is 11.0. The number of ether oxygens (including phenoxy) is 1. The molecule has 0 aliphatic rings. The van der Waals surface area contributed by atoms with Crippen molar-refractivity contribution in [1.82, 2.24) is 24.3 Å². The third kappa shape index (κ3) is 4.42. The number of rotatable bonds is 5. The van der Waals surface area contributed by atoms with Gasteiger partial charge in [0.05, 0.1) is 23.4 Å². The van der Waals surface area contributed by atoms with E-state index < -0.39 is 11.8 Å². The number of amides is 1. The molecule has 0 unspecified atom stereocenters. The highest BCUT2D eigenvalue weighted by Gasteiger charge is 2.13. The number of anilines is 1. The Kier molecular flexibility index (Phi) is 5.27. The zero-order valence-electron chi connectivity index (χ0n) is 17.6. The molecule has 9 heteroatoms. The number of aromatic nitrogens is 5. The van der Waals surface area contributed by atoms with Crippen LogP contribution in [-0.2, 0) is 6.54 Å². The van der Waals surface area contributed by atoms with Crippen molar-refractivity contribution >= 4 is 22.6 Å². The summed E-state index contributed by atoms with van der Waals surface area (Å²) in [5.41, 5.74) is 2.41. The molecule has 2 aromatic carbocycles. The van der Waals surface area contributed by atoms with E-state index >= 15 is 0 Å². The Morgan fingerprint density at radius 2 is 2.00 bits per heavy atom. The molecule has 5 rings (SSSR count). The van der Waals surface area contributed by atoms with E-state index in [2.05, 4.69) is 20.4 Å². The van der Waals surface area contributed by atoms with Crippen LogP contribution in [0.1, 0.15) is 11.3 Å². The van der Waals surface area contributed by atoms with Crippen molar-refractivity contribution in [1.29, 1.82) is 0 Å². The average Bonchev–Trinajstić information content (AvgIpc) is 3.46. The van der Waals surface area contributed by atoms with Gasteiger partial charge in [-0.1, -0.05) is 6.07 Å². The summed E-state index contributed by atoms with van der Waals surface area (Å²) in [5.74, 6) is 0.477. The number of carbonyl (C=O) groups excluding carboxylic acids is 1. The highest BCUT2D eigenvalue weighted by molar-refractivity contribution is 5.98. The highest BCUT2D eigenvalue weighted by atomic mass is 19.1. The Bertz CT molecular complexity index is 1440. The van der Waals surface area contributed by atoms with Gasteiger partial charge in [0.1, 0.15) is 17.9 Å². The highest BCUT2D eigenvalue weighted by Crippen LogP contribution is 2.26. The van der Waals surface area contributed by atoms with E-state index in [0.717, 1.165) is 16.6 Å². The molecule has 5 aromatic rings. The Morgan fingerprint density at radius 1 is 1.09 bits per heavy atom. The molecule has 1 N–H and O–H groups in total. The first-order valence-electron chi connectivity index (χ1n) is 10.2. The lowest BCUT2D eigenvalue weighted by Crippen LogP contribution is -2.19. The largest absolute Gasteiger partial charge is 0.439 e. The molecule has 164 valence electrons. The fraction of sp³-hybridized carbons (Fsp3) is 0.0833. The molecule has 0 spiro atoms. The molecule has 0 saturated carbocycles. The Morgan fingerprint density at radius 3 is 2.85 bits per heavy atom. The summed E-state index contributed by atoms with van der Waals surface area (Å²) in [4.78, 5) is 21.1. The SMILES string of the molecule is Cc1ccc(F)c(NC(=O)n2ccc3cc(Oc4cc(Cn5cccn5)ncn4)ccc32)c1. The van der Waals surface area contributed by atoms with Gasteiger partial charge in [-0.2, -0.15) is 5.10 Å². The second-order valence-corrected chi connectivity index (χ2v) is 7.47. The summed E-state index contributed by atoms with van der Waals surface area (Å²) < 4.78 is 23.1. The minimum atomic E-state index is -0.488. The lowest BCUT2D eigenvalue weighted by atomic mass is 10.2. The van der Waals surface area contributed by atoms with Crippen LogP contribution in [-0.4, -0.2) is 30.3 Å². The molecule has 8 nitrogen and oxygen atoms in total. The monoisotopic (exact) mass is 442 g/mol. The van der Waals surface area contributed by atoms with Crippen LogP contribution in [0, 0.1) is 12.7 Å². The standard InChI is InChI=1S/C24H19FN6O2/c1-16-3-5-20(25)21(11-16)29-24(32)31-10-7-17-12-19(4-6-22(17)31)33-23-13-18(26-15-27-23)14-30-9-2-8-28-30/h2-13,15H,14H2,1H3,(H,29,32). The van der Waals surface area contributed by atoms with Crippen molar-refractivity contribution in [2.75, 3.05) is 5.32 Å². The maximum Gasteiger partial charge on any atom is 0.330 e. The molecule has 0 aliphatic carbocycles. The van der Waals surface area contributed by atoms with E-state index in [1.807, 2.05) is 25.3 Å². The predicted octanol–water partition coefficient (Wildman–Crippen LogP) is 5.00. The topological polar surface area (TPSA) is 86.9 Å². The number of fused-ring (bicyclic) bond motifs is 1. The van der Waals surface area contributed by atoms with E-state index in [1.54, 1.807) is 53.5 Å². The molecular formula is C24H19FN6O2. The third-order valence-electron chi connectivity index (χ3n) is 5.05. The molecule has 0 aliphatic heterocycles. The van der Waals surface area contributed by atoms with E-state index in [9.17, 15) is 9.18 Å². The number of carbonyl (C=O) groups is 1. The molecule has 3 heterocycles. The number of nitrogens with zero attached hydrogens (tertiary/aromatic N) is 5. The predicted molar refractivity (Wildman–Crippen MR) is 121 cm³/mol. The van der Waals surface area contributed by atoms with Crippen LogP contribution in [0.2, 0.25) is 0 Å². The van der Waals surface area contributed by atoms with Crippen molar-refractivity contribution in [2.45, 2.75) is 13.5 Å². The Hall–Kier alpha value is -4.53. The van der Waals surface area contributed by atoms with Gasteiger partial charge in [-0.15, -0.1) is 0 Å². The van der Waals surface area contributed by atoms with Crippen LogP contribution in [0.15, 0.2) is 79.5 Å². The second kappa shape index (κ2) is 8.54. The summed E-state index contributed by atoms with van der Waals surface area (Å²) in [7, 11) is 0. The Labute approximate surface area is 188 Å². The summed E-state index contributed by atoms with van der Waals surface area (Å²) >= 11 is 0. The quantitative estimate of drug-likeness (QED) is 0.414. The van der Waals surface area contributed by atoms with Gasteiger partial charge in [0.15, 0.2) is 0 Å². The maximum atomic E-state index is 14.0. The van der Waals surface area contributed by atoms with Crippen molar-refractivity contribution < 1.29 is 13.9 Å². The average molecular weight is 442 g/mol. The lowest BCUT2D eigenvalue weighted by molar-refractivity contribution is 0.254. The van der Waals surface area contributed by atoms with E-state index in [0.29, 0.717) is 23.7 Å². The summed E-state index contributed by atoms with van der Waals surface area (Å²) in [6, 6.07) is 14.8. The van der Waals surface area contributed by atoms with Gasteiger partial charge in [-0.05, 0) is 55.0 Å². The van der Waals surface area contributed by atoms with Crippen LogP contribution >= 0.6 is 0 Å². The van der Waals surface area contributed by atoms with Crippen molar-refractivity contribution in [3.63, 3.8) is 0 Å². The van der Waals surface area contributed by atoms with Crippen LogP contribution in [0.4, 0.5) is 14.9 Å². The Balaban J connectivity index is 1.34. The molecule has 0 fully saturated rings. The summed E-state index contributed by atoms with van der Waals surface area (Å²) in [5, 5.41) is 7.58. The molecule has 3 aromatic heterocycles. The van der Waals surface area contributed by atoms with Crippen molar-refractivity contribution in [3.8, 4) is 11.6 Å². The van der Waals surface area contributed by atoms with Gasteiger partial charge in [0.2, 0.25) is 5.88 Å². The number of hydrogen-bond acceptors (Lipinski definition) is 5. The van der Waals surface area contributed by atoms with Crippen LogP contribution in [0.5, 0.6) is 11.6 Å². The molecular weight excluding hydrogens is 423 g/mol. The van der Waals surface area contributed by atoms with Gasteiger partial charge >= 0.3 is 6.03 Å². The fourth-order valence-corrected chi connectivity index (χ4v) is 3.47. The van der Waals surface area contributed by atoms with Crippen molar-refractivity contribution in [3.05, 3.63) is 96.6 Å². The molecule has 0 saturated heterocycles. The number of halogens is 1. The molecule has 0 atom stereocenters. The van der Waals surface area contributed by atoms with Gasteiger partial charge in [0.25, 0.3) is 0 Å². The molecule has 0 bridgehead atoms. The van der Waals surface area contributed by atoms with Crippen LogP contribution < -0.4 is 10.1 Å². The van der Waals surface area contributed by atoms with E-state index in [-0.39, 0.29) is 5.69 Å². The number of nitrogens with one attached hydrogen (secondary N) is 1. The van der Waals surface area contributed by atoms with Gasteiger partial charge in [-0.3, -0.25) is 9.25 Å². The maximum absolute atomic E-state index is 14.0. The smallest absolute Gasteiger partial charge is 0.330 e. The van der Waals surface area contributed by atoms with Crippen molar-refractivity contribution in [2.24, 2.45) is 0 Å². The minimum Gasteiger partial charge on any atom is -0.439 e. The molecule has 1 amide bonds. The lowest BCUT2D eigenvalue weighted by Gasteiger charge is -2.10. The summed E-state index contributed by atoms with van der Waals surface area (Å²) in [6.07, 6.45) is 6.63. The van der Waals surface area contributed by atoms with Crippen LogP contribution in [0.25, 0.3) is 10.9 Å². The van der Waals surface area contributed by atoms with Crippen LogP contribution in [0.3, 0.4) is 0 Å². The van der Waals surface area contributed by atoms with Gasteiger partial charge in [-0.25, -0.2) is 19.2 Å². The minimum absolute atomic E-state index is 0.136. The zero-order chi connectivity index (χ0) is 22.8.